The molecule has 1 aromatic carbocycles. The van der Waals surface area contributed by atoms with E-state index >= 15 is 0 Å². The Morgan fingerprint density at radius 1 is 1.38 bits per heavy atom. The van der Waals surface area contributed by atoms with E-state index in [0.717, 1.165) is 32.3 Å². The molecule has 16 heavy (non-hydrogen) atoms. The van der Waals surface area contributed by atoms with Gasteiger partial charge < -0.3 is 4.74 Å². The van der Waals surface area contributed by atoms with Gasteiger partial charge in [-0.2, -0.15) is 0 Å². The quantitative estimate of drug-likeness (QED) is 0.769. The third-order valence-corrected chi connectivity index (χ3v) is 3.50. The van der Waals surface area contributed by atoms with Crippen molar-refractivity contribution in [3.05, 3.63) is 32.2 Å². The standard InChI is InChI=1S/C12H10Br2O2/c1-2-7-3-8-4-9(13)5-10(14)12(8)16-6-11(7)15/h3-5H,2,6H2,1H3. The average molecular weight is 346 g/mol. The van der Waals surface area contributed by atoms with Crippen molar-refractivity contribution in [3.8, 4) is 5.75 Å². The SMILES string of the molecule is CCC1=Cc2cc(Br)cc(Br)c2OCC1=O. The predicted molar refractivity (Wildman–Crippen MR) is 70.6 cm³/mol. The van der Waals surface area contributed by atoms with Gasteiger partial charge in [0.05, 0.1) is 4.47 Å². The monoisotopic (exact) mass is 344 g/mol. The van der Waals surface area contributed by atoms with Crippen LogP contribution in [0.5, 0.6) is 5.75 Å². The van der Waals surface area contributed by atoms with Gasteiger partial charge in [-0.05, 0) is 46.1 Å². The molecule has 1 heterocycles. The number of ether oxygens (including phenoxy) is 1. The number of halogens is 2. The highest BCUT2D eigenvalue weighted by molar-refractivity contribution is 9.11. The normalized spacial score (nSPS) is 14.9. The molecule has 0 aliphatic carbocycles. The van der Waals surface area contributed by atoms with Crippen molar-refractivity contribution in [2.24, 2.45) is 0 Å². The highest BCUT2D eigenvalue weighted by atomic mass is 79.9. The van der Waals surface area contributed by atoms with E-state index < -0.39 is 0 Å². The van der Waals surface area contributed by atoms with E-state index in [1.165, 1.54) is 0 Å². The molecular formula is C12H10Br2O2. The fraction of sp³-hybridized carbons (Fsp3) is 0.250. The van der Waals surface area contributed by atoms with Crippen LogP contribution < -0.4 is 4.74 Å². The number of carbonyl (C=O) groups excluding carboxylic acids is 1. The maximum absolute atomic E-state index is 11.7. The van der Waals surface area contributed by atoms with E-state index in [1.807, 2.05) is 25.1 Å². The van der Waals surface area contributed by atoms with Crippen LogP contribution in [0, 0.1) is 0 Å². The molecule has 1 aromatic rings. The van der Waals surface area contributed by atoms with Crippen molar-refractivity contribution in [1.82, 2.24) is 0 Å². The van der Waals surface area contributed by atoms with Crippen LogP contribution >= 0.6 is 31.9 Å². The summed E-state index contributed by atoms with van der Waals surface area (Å²) in [5.74, 6) is 0.793. The van der Waals surface area contributed by atoms with E-state index in [4.69, 9.17) is 4.74 Å². The molecule has 0 saturated heterocycles. The molecule has 0 bridgehead atoms. The molecule has 0 unspecified atom stereocenters. The number of Topliss-reactive ketones (excluding diaryl/α,β-unsaturated/α-hetero) is 1. The van der Waals surface area contributed by atoms with Crippen LogP contribution in [-0.2, 0) is 4.79 Å². The second-order valence-corrected chi connectivity index (χ2v) is 5.31. The van der Waals surface area contributed by atoms with Crippen LogP contribution in [0.1, 0.15) is 18.9 Å². The minimum absolute atomic E-state index is 0.0572. The van der Waals surface area contributed by atoms with Gasteiger partial charge in [-0.3, -0.25) is 4.79 Å². The van der Waals surface area contributed by atoms with E-state index in [-0.39, 0.29) is 12.4 Å². The Bertz CT molecular complexity index is 478. The van der Waals surface area contributed by atoms with Crippen molar-refractivity contribution in [2.45, 2.75) is 13.3 Å². The second-order valence-electron chi connectivity index (χ2n) is 3.54. The van der Waals surface area contributed by atoms with Crippen LogP contribution in [0.4, 0.5) is 0 Å². The van der Waals surface area contributed by atoms with Crippen LogP contribution in [0.3, 0.4) is 0 Å². The van der Waals surface area contributed by atoms with E-state index in [2.05, 4.69) is 31.9 Å². The molecule has 0 aromatic heterocycles. The Hall–Kier alpha value is -0.610. The highest BCUT2D eigenvalue weighted by Gasteiger charge is 2.18. The first-order chi connectivity index (χ1) is 7.61. The minimum Gasteiger partial charge on any atom is -0.484 e. The lowest BCUT2D eigenvalue weighted by molar-refractivity contribution is -0.117. The summed E-state index contributed by atoms with van der Waals surface area (Å²) >= 11 is 6.86. The summed E-state index contributed by atoms with van der Waals surface area (Å²) in [5.41, 5.74) is 1.74. The van der Waals surface area contributed by atoms with Gasteiger partial charge in [0, 0.05) is 10.0 Å². The maximum Gasteiger partial charge on any atom is 0.196 e. The third kappa shape index (κ3) is 2.23. The molecule has 0 atom stereocenters. The molecular weight excluding hydrogens is 336 g/mol. The number of rotatable bonds is 1. The Kier molecular flexibility index (Phi) is 3.50. The lowest BCUT2D eigenvalue weighted by Gasteiger charge is -2.08. The number of hydrogen-bond acceptors (Lipinski definition) is 2. The molecule has 0 saturated carbocycles. The van der Waals surface area contributed by atoms with E-state index in [0.29, 0.717) is 0 Å². The largest absolute Gasteiger partial charge is 0.484 e. The molecule has 0 N–H and O–H groups in total. The first-order valence-electron chi connectivity index (χ1n) is 4.97. The van der Waals surface area contributed by atoms with Crippen LogP contribution in [0.2, 0.25) is 0 Å². The van der Waals surface area contributed by atoms with Gasteiger partial charge in [-0.1, -0.05) is 22.9 Å². The number of hydrogen-bond donors (Lipinski definition) is 0. The molecule has 0 amide bonds. The first kappa shape index (κ1) is 11.9. The number of fused-ring (bicyclic) bond motifs is 1. The topological polar surface area (TPSA) is 26.3 Å². The zero-order valence-electron chi connectivity index (χ0n) is 8.72. The maximum atomic E-state index is 11.7. The Morgan fingerprint density at radius 3 is 2.81 bits per heavy atom. The fourth-order valence-corrected chi connectivity index (χ4v) is 3.01. The van der Waals surface area contributed by atoms with Crippen LogP contribution in [-0.4, -0.2) is 12.4 Å². The van der Waals surface area contributed by atoms with Gasteiger partial charge in [0.2, 0.25) is 0 Å². The lowest BCUT2D eigenvalue weighted by Crippen LogP contribution is -2.11. The fourth-order valence-electron chi connectivity index (χ4n) is 1.64. The van der Waals surface area contributed by atoms with Crippen molar-refractivity contribution in [2.75, 3.05) is 6.61 Å². The summed E-state index contributed by atoms with van der Waals surface area (Å²) in [7, 11) is 0. The summed E-state index contributed by atoms with van der Waals surface area (Å²) < 4.78 is 7.33. The molecule has 4 heteroatoms. The smallest absolute Gasteiger partial charge is 0.196 e. The molecule has 1 aliphatic rings. The molecule has 2 nitrogen and oxygen atoms in total. The summed E-state index contributed by atoms with van der Waals surface area (Å²) in [4.78, 5) is 11.7. The Balaban J connectivity index is 2.58. The Labute approximate surface area is 111 Å². The molecule has 0 radical (unpaired) electrons. The second kappa shape index (κ2) is 4.72. The molecule has 84 valence electrons. The molecule has 2 rings (SSSR count). The highest BCUT2D eigenvalue weighted by Crippen LogP contribution is 2.36. The summed E-state index contributed by atoms with van der Waals surface area (Å²) in [6.45, 7) is 2.09. The van der Waals surface area contributed by atoms with E-state index in [1.54, 1.807) is 0 Å². The molecule has 0 spiro atoms. The number of carbonyl (C=O) groups is 1. The summed E-state index contributed by atoms with van der Waals surface area (Å²) in [6, 6.07) is 3.86. The predicted octanol–water partition coefficient (Wildman–Crippen LogP) is 3.97. The summed E-state index contributed by atoms with van der Waals surface area (Å²) in [6.07, 6.45) is 2.63. The molecule has 0 fully saturated rings. The summed E-state index contributed by atoms with van der Waals surface area (Å²) in [5, 5.41) is 0. The molecule has 1 aliphatic heterocycles. The zero-order valence-corrected chi connectivity index (χ0v) is 11.9. The van der Waals surface area contributed by atoms with Crippen molar-refractivity contribution < 1.29 is 9.53 Å². The lowest BCUT2D eigenvalue weighted by atomic mass is 10.1. The minimum atomic E-state index is 0.0572. The van der Waals surface area contributed by atoms with Gasteiger partial charge >= 0.3 is 0 Å². The van der Waals surface area contributed by atoms with Gasteiger partial charge in [-0.15, -0.1) is 0 Å². The number of ketones is 1. The van der Waals surface area contributed by atoms with E-state index in [9.17, 15) is 4.79 Å². The zero-order chi connectivity index (χ0) is 11.7. The van der Waals surface area contributed by atoms with Gasteiger partial charge in [0.25, 0.3) is 0 Å². The van der Waals surface area contributed by atoms with Crippen molar-refractivity contribution in [3.63, 3.8) is 0 Å². The van der Waals surface area contributed by atoms with Crippen molar-refractivity contribution in [1.29, 1.82) is 0 Å². The number of benzene rings is 1. The van der Waals surface area contributed by atoms with Gasteiger partial charge in [-0.25, -0.2) is 0 Å². The van der Waals surface area contributed by atoms with Crippen molar-refractivity contribution >= 4 is 43.7 Å². The third-order valence-electron chi connectivity index (χ3n) is 2.45. The average Bonchev–Trinajstić information content (AvgIpc) is 2.38. The Morgan fingerprint density at radius 2 is 2.12 bits per heavy atom. The van der Waals surface area contributed by atoms with Crippen LogP contribution in [0.25, 0.3) is 6.08 Å². The van der Waals surface area contributed by atoms with Gasteiger partial charge in [0.1, 0.15) is 5.75 Å². The van der Waals surface area contributed by atoms with Crippen LogP contribution in [0.15, 0.2) is 26.7 Å². The van der Waals surface area contributed by atoms with Gasteiger partial charge in [0.15, 0.2) is 12.4 Å². The first-order valence-corrected chi connectivity index (χ1v) is 6.56.